The van der Waals surface area contributed by atoms with Gasteiger partial charge in [-0.25, -0.2) is 4.98 Å². The summed E-state index contributed by atoms with van der Waals surface area (Å²) in [5.41, 5.74) is 1.14. The molecule has 1 saturated heterocycles. The number of rotatable bonds is 4. The Balaban J connectivity index is 2.32. The Morgan fingerprint density at radius 1 is 1.20 bits per heavy atom. The minimum Gasteiger partial charge on any atom is -0.369 e. The van der Waals surface area contributed by atoms with Crippen LogP contribution in [-0.2, 0) is 0 Å². The molecule has 0 amide bonds. The number of piperazine rings is 1. The molecule has 112 valence electrons. The van der Waals surface area contributed by atoms with Gasteiger partial charge in [0.1, 0.15) is 5.82 Å². The van der Waals surface area contributed by atoms with Crippen LogP contribution in [0.2, 0.25) is 0 Å². The van der Waals surface area contributed by atoms with Crippen LogP contribution >= 0.6 is 22.6 Å². The van der Waals surface area contributed by atoms with Gasteiger partial charge in [-0.2, -0.15) is 4.98 Å². The molecule has 1 aromatic rings. The lowest BCUT2D eigenvalue weighted by molar-refractivity contribution is 0.311. The highest BCUT2D eigenvalue weighted by Crippen LogP contribution is 2.27. The average molecular weight is 389 g/mol. The quantitative estimate of drug-likeness (QED) is 0.802. The summed E-state index contributed by atoms with van der Waals surface area (Å²) in [4.78, 5) is 14.2. The van der Waals surface area contributed by atoms with Crippen LogP contribution in [0.3, 0.4) is 0 Å². The van der Waals surface area contributed by atoms with Crippen molar-refractivity contribution >= 4 is 34.4 Å². The van der Waals surface area contributed by atoms with E-state index in [4.69, 9.17) is 9.97 Å². The first-order valence-corrected chi connectivity index (χ1v) is 8.35. The van der Waals surface area contributed by atoms with Gasteiger partial charge in [0.25, 0.3) is 0 Å². The van der Waals surface area contributed by atoms with Crippen LogP contribution in [-0.4, -0.2) is 54.6 Å². The Morgan fingerprint density at radius 2 is 1.85 bits per heavy atom. The van der Waals surface area contributed by atoms with Crippen molar-refractivity contribution in [2.75, 3.05) is 50.0 Å². The molecule has 2 rings (SSSR count). The molecule has 5 nitrogen and oxygen atoms in total. The van der Waals surface area contributed by atoms with Gasteiger partial charge in [0.2, 0.25) is 5.95 Å². The molecule has 0 radical (unpaired) electrons. The van der Waals surface area contributed by atoms with Gasteiger partial charge in [0.15, 0.2) is 0 Å². The molecule has 0 aromatic carbocycles. The lowest BCUT2D eigenvalue weighted by Crippen LogP contribution is -2.45. The summed E-state index contributed by atoms with van der Waals surface area (Å²) in [6.07, 6.45) is 0. The third-order valence-electron chi connectivity index (χ3n) is 3.54. The van der Waals surface area contributed by atoms with Crippen molar-refractivity contribution in [3.05, 3.63) is 9.26 Å². The van der Waals surface area contributed by atoms with Gasteiger partial charge in [0, 0.05) is 32.7 Å². The molecule has 0 bridgehead atoms. The van der Waals surface area contributed by atoms with E-state index >= 15 is 0 Å². The smallest absolute Gasteiger partial charge is 0.227 e. The van der Waals surface area contributed by atoms with Gasteiger partial charge < -0.3 is 15.1 Å². The Hall–Kier alpha value is -0.630. The molecular weight excluding hydrogens is 365 g/mol. The first-order valence-electron chi connectivity index (χ1n) is 7.27. The standard InChI is InChI=1S/C14H24IN5/c1-5-16-13-11(15)12(10(2)3)17-14(18-13)20-8-6-19(4)7-9-20/h10H,5-9H2,1-4H3,(H,16,17,18). The van der Waals surface area contributed by atoms with Crippen LogP contribution in [0.4, 0.5) is 11.8 Å². The van der Waals surface area contributed by atoms with E-state index in [1.54, 1.807) is 0 Å². The molecule has 0 saturated carbocycles. The molecule has 1 fully saturated rings. The third-order valence-corrected chi connectivity index (χ3v) is 4.61. The number of nitrogens with one attached hydrogen (secondary N) is 1. The molecule has 1 aliphatic heterocycles. The summed E-state index contributed by atoms with van der Waals surface area (Å²) in [6, 6.07) is 0. The number of likely N-dealkylation sites (N-methyl/N-ethyl adjacent to an activating group) is 1. The molecule has 0 spiro atoms. The largest absolute Gasteiger partial charge is 0.369 e. The zero-order valence-corrected chi connectivity index (χ0v) is 14.9. The number of nitrogens with zero attached hydrogens (tertiary/aromatic N) is 4. The van der Waals surface area contributed by atoms with E-state index in [-0.39, 0.29) is 0 Å². The number of halogens is 1. The predicted molar refractivity (Wildman–Crippen MR) is 92.7 cm³/mol. The fourth-order valence-electron chi connectivity index (χ4n) is 2.27. The van der Waals surface area contributed by atoms with Gasteiger partial charge in [-0.3, -0.25) is 0 Å². The van der Waals surface area contributed by atoms with E-state index in [1.807, 2.05) is 0 Å². The molecular formula is C14H24IN5. The van der Waals surface area contributed by atoms with Gasteiger partial charge in [-0.1, -0.05) is 13.8 Å². The first-order chi connectivity index (χ1) is 9.52. The second-order valence-electron chi connectivity index (χ2n) is 5.55. The Morgan fingerprint density at radius 3 is 2.40 bits per heavy atom. The van der Waals surface area contributed by atoms with Crippen LogP contribution in [0.15, 0.2) is 0 Å². The maximum Gasteiger partial charge on any atom is 0.227 e. The summed E-state index contributed by atoms with van der Waals surface area (Å²) in [6.45, 7) is 11.5. The predicted octanol–water partition coefficient (Wildman–Crippen LogP) is 2.39. The van der Waals surface area contributed by atoms with Crippen molar-refractivity contribution in [3.63, 3.8) is 0 Å². The minimum atomic E-state index is 0.411. The van der Waals surface area contributed by atoms with Crippen molar-refractivity contribution in [1.82, 2.24) is 14.9 Å². The minimum absolute atomic E-state index is 0.411. The maximum atomic E-state index is 4.81. The topological polar surface area (TPSA) is 44.3 Å². The lowest BCUT2D eigenvalue weighted by Gasteiger charge is -2.33. The molecule has 1 N–H and O–H groups in total. The molecule has 0 aliphatic carbocycles. The number of anilines is 2. The summed E-state index contributed by atoms with van der Waals surface area (Å²) >= 11 is 2.36. The van der Waals surface area contributed by atoms with Crippen molar-refractivity contribution in [3.8, 4) is 0 Å². The third kappa shape index (κ3) is 3.52. The molecule has 0 atom stereocenters. The van der Waals surface area contributed by atoms with Crippen LogP contribution in [0.1, 0.15) is 32.4 Å². The molecule has 2 heterocycles. The van der Waals surface area contributed by atoms with Gasteiger partial charge >= 0.3 is 0 Å². The fourth-order valence-corrected chi connectivity index (χ4v) is 3.32. The summed E-state index contributed by atoms with van der Waals surface area (Å²) in [7, 11) is 2.16. The van der Waals surface area contributed by atoms with Crippen molar-refractivity contribution < 1.29 is 0 Å². The molecule has 6 heteroatoms. The van der Waals surface area contributed by atoms with Gasteiger partial charge in [-0.15, -0.1) is 0 Å². The normalized spacial score (nSPS) is 16.8. The molecule has 1 aromatic heterocycles. The van der Waals surface area contributed by atoms with Gasteiger partial charge in [0.05, 0.1) is 9.26 Å². The van der Waals surface area contributed by atoms with Gasteiger partial charge in [-0.05, 0) is 42.5 Å². The van der Waals surface area contributed by atoms with E-state index in [1.165, 1.54) is 0 Å². The summed E-state index contributed by atoms with van der Waals surface area (Å²) in [5.74, 6) is 2.26. The maximum absolute atomic E-state index is 4.81. The molecule has 20 heavy (non-hydrogen) atoms. The van der Waals surface area contributed by atoms with Crippen LogP contribution in [0, 0.1) is 3.57 Å². The zero-order valence-electron chi connectivity index (χ0n) is 12.8. The van der Waals surface area contributed by atoms with E-state index in [9.17, 15) is 0 Å². The van der Waals surface area contributed by atoms with E-state index in [0.717, 1.165) is 53.8 Å². The van der Waals surface area contributed by atoms with Crippen LogP contribution < -0.4 is 10.2 Å². The highest BCUT2D eigenvalue weighted by molar-refractivity contribution is 14.1. The first kappa shape index (κ1) is 15.8. The second kappa shape index (κ2) is 6.89. The van der Waals surface area contributed by atoms with E-state index in [2.05, 4.69) is 65.5 Å². The number of hydrogen-bond acceptors (Lipinski definition) is 5. The summed E-state index contributed by atoms with van der Waals surface area (Å²) in [5, 5.41) is 3.36. The fraction of sp³-hybridized carbons (Fsp3) is 0.714. The summed E-state index contributed by atoms with van der Waals surface area (Å²) < 4.78 is 1.15. The highest BCUT2D eigenvalue weighted by atomic mass is 127. The average Bonchev–Trinajstić information content (AvgIpc) is 2.42. The second-order valence-corrected chi connectivity index (χ2v) is 6.63. The van der Waals surface area contributed by atoms with Crippen LogP contribution in [0.5, 0.6) is 0 Å². The Labute approximate surface area is 135 Å². The van der Waals surface area contributed by atoms with E-state index < -0.39 is 0 Å². The van der Waals surface area contributed by atoms with Crippen molar-refractivity contribution in [2.45, 2.75) is 26.7 Å². The highest BCUT2D eigenvalue weighted by Gasteiger charge is 2.20. The monoisotopic (exact) mass is 389 g/mol. The SMILES string of the molecule is CCNc1nc(N2CCN(C)CC2)nc(C(C)C)c1I. The zero-order chi connectivity index (χ0) is 14.7. The molecule has 1 aliphatic rings. The molecule has 0 unspecified atom stereocenters. The Bertz CT molecular complexity index is 455. The number of aromatic nitrogens is 2. The Kier molecular flexibility index (Phi) is 5.42. The lowest BCUT2D eigenvalue weighted by atomic mass is 10.1. The van der Waals surface area contributed by atoms with Crippen molar-refractivity contribution in [1.29, 1.82) is 0 Å². The van der Waals surface area contributed by atoms with E-state index in [0.29, 0.717) is 5.92 Å². The number of hydrogen-bond donors (Lipinski definition) is 1. The van der Waals surface area contributed by atoms with Crippen LogP contribution in [0.25, 0.3) is 0 Å². The van der Waals surface area contributed by atoms with Crippen molar-refractivity contribution in [2.24, 2.45) is 0 Å².